The van der Waals surface area contributed by atoms with E-state index >= 15 is 0 Å². The number of carbonyl (C=O) groups is 1. The summed E-state index contributed by atoms with van der Waals surface area (Å²) in [6, 6.07) is 4.96. The number of nitrogens with one attached hydrogen (secondary N) is 1. The summed E-state index contributed by atoms with van der Waals surface area (Å²) in [5.74, 6) is -0.309. The quantitative estimate of drug-likeness (QED) is 0.825. The SMILES string of the molecule is CC(N)C(=O)Nc1ccc(OC(F)F)cc1. The molecule has 0 saturated heterocycles. The van der Waals surface area contributed by atoms with Crippen LogP contribution in [0.3, 0.4) is 0 Å². The van der Waals surface area contributed by atoms with Gasteiger partial charge in [0.15, 0.2) is 0 Å². The molecule has 0 aromatic heterocycles. The van der Waals surface area contributed by atoms with Gasteiger partial charge in [-0.2, -0.15) is 8.78 Å². The highest BCUT2D eigenvalue weighted by atomic mass is 19.3. The number of benzene rings is 1. The normalized spacial score (nSPS) is 12.3. The molecule has 1 atom stereocenters. The first-order chi connectivity index (χ1) is 7.49. The molecule has 0 aliphatic carbocycles. The zero-order chi connectivity index (χ0) is 12.1. The molecule has 16 heavy (non-hydrogen) atoms. The molecule has 0 bridgehead atoms. The minimum Gasteiger partial charge on any atom is -0.435 e. The number of carbonyl (C=O) groups excluding carboxylic acids is 1. The number of anilines is 1. The van der Waals surface area contributed by atoms with E-state index < -0.39 is 12.7 Å². The summed E-state index contributed by atoms with van der Waals surface area (Å²) in [4.78, 5) is 11.2. The lowest BCUT2D eigenvalue weighted by Gasteiger charge is -2.08. The Morgan fingerprint density at radius 3 is 2.38 bits per heavy atom. The number of alkyl halides is 2. The van der Waals surface area contributed by atoms with Crippen LogP contribution in [0.1, 0.15) is 6.92 Å². The molecular weight excluding hydrogens is 218 g/mol. The second kappa shape index (κ2) is 5.41. The van der Waals surface area contributed by atoms with Crippen LogP contribution >= 0.6 is 0 Å². The van der Waals surface area contributed by atoms with Gasteiger partial charge < -0.3 is 15.8 Å². The van der Waals surface area contributed by atoms with Crippen molar-refractivity contribution < 1.29 is 18.3 Å². The van der Waals surface area contributed by atoms with Gasteiger partial charge in [-0.3, -0.25) is 4.79 Å². The van der Waals surface area contributed by atoms with Crippen LogP contribution < -0.4 is 15.8 Å². The van der Waals surface area contributed by atoms with Crippen molar-refractivity contribution in [1.82, 2.24) is 0 Å². The number of nitrogens with two attached hydrogens (primary N) is 1. The van der Waals surface area contributed by atoms with Gasteiger partial charge in [0.2, 0.25) is 5.91 Å². The summed E-state index contributed by atoms with van der Waals surface area (Å²) in [5, 5.41) is 2.51. The third-order valence-corrected chi connectivity index (χ3v) is 1.76. The van der Waals surface area contributed by atoms with Crippen molar-refractivity contribution in [2.45, 2.75) is 19.6 Å². The minimum absolute atomic E-state index is 0.0359. The second-order valence-electron chi connectivity index (χ2n) is 3.18. The first-order valence-corrected chi connectivity index (χ1v) is 4.60. The monoisotopic (exact) mass is 230 g/mol. The average Bonchev–Trinajstić information content (AvgIpc) is 2.20. The molecule has 1 rings (SSSR count). The smallest absolute Gasteiger partial charge is 0.387 e. The molecule has 0 aliphatic heterocycles. The Balaban J connectivity index is 2.61. The van der Waals surface area contributed by atoms with Gasteiger partial charge in [-0.25, -0.2) is 0 Å². The molecule has 3 N–H and O–H groups in total. The largest absolute Gasteiger partial charge is 0.435 e. The summed E-state index contributed by atoms with van der Waals surface area (Å²) in [5.41, 5.74) is 5.82. The second-order valence-corrected chi connectivity index (χ2v) is 3.18. The topological polar surface area (TPSA) is 64.4 Å². The molecule has 1 aromatic carbocycles. The van der Waals surface area contributed by atoms with Crippen molar-refractivity contribution in [3.63, 3.8) is 0 Å². The fraction of sp³-hybridized carbons (Fsp3) is 0.300. The van der Waals surface area contributed by atoms with Crippen LogP contribution in [0, 0.1) is 0 Å². The fourth-order valence-electron chi connectivity index (χ4n) is 0.976. The summed E-state index contributed by atoms with van der Waals surface area (Å²) < 4.78 is 27.8. The highest BCUT2D eigenvalue weighted by Gasteiger charge is 2.08. The maximum absolute atomic E-state index is 11.8. The van der Waals surface area contributed by atoms with E-state index in [2.05, 4.69) is 10.1 Å². The predicted molar refractivity (Wildman–Crippen MR) is 55.4 cm³/mol. The Kier molecular flexibility index (Phi) is 4.19. The van der Waals surface area contributed by atoms with Gasteiger partial charge in [-0.05, 0) is 31.2 Å². The number of rotatable bonds is 4. The number of halogens is 2. The first-order valence-electron chi connectivity index (χ1n) is 4.60. The minimum atomic E-state index is -2.86. The fourth-order valence-corrected chi connectivity index (χ4v) is 0.976. The van der Waals surface area contributed by atoms with E-state index in [4.69, 9.17) is 5.73 Å². The van der Waals surface area contributed by atoms with Gasteiger partial charge in [0.25, 0.3) is 0 Å². The molecular formula is C10H12F2N2O2. The van der Waals surface area contributed by atoms with E-state index in [1.807, 2.05) is 0 Å². The van der Waals surface area contributed by atoms with Crippen LogP contribution in [0.15, 0.2) is 24.3 Å². The van der Waals surface area contributed by atoms with Crippen LogP contribution in [0.4, 0.5) is 14.5 Å². The zero-order valence-corrected chi connectivity index (χ0v) is 8.61. The van der Waals surface area contributed by atoms with Crippen molar-refractivity contribution >= 4 is 11.6 Å². The Morgan fingerprint density at radius 1 is 1.38 bits per heavy atom. The third kappa shape index (κ3) is 3.82. The van der Waals surface area contributed by atoms with Crippen LogP contribution in [0.2, 0.25) is 0 Å². The average molecular weight is 230 g/mol. The number of ether oxygens (including phenoxy) is 1. The molecule has 1 unspecified atom stereocenters. The van der Waals surface area contributed by atoms with Crippen molar-refractivity contribution in [1.29, 1.82) is 0 Å². The van der Waals surface area contributed by atoms with Crippen molar-refractivity contribution in [2.24, 2.45) is 5.73 Å². The number of hydrogen-bond acceptors (Lipinski definition) is 3. The predicted octanol–water partition coefficient (Wildman–Crippen LogP) is 1.57. The first kappa shape index (κ1) is 12.4. The maximum Gasteiger partial charge on any atom is 0.387 e. The molecule has 0 spiro atoms. The van der Waals surface area contributed by atoms with Crippen molar-refractivity contribution in [2.75, 3.05) is 5.32 Å². The van der Waals surface area contributed by atoms with E-state index in [0.717, 1.165) is 0 Å². The molecule has 0 aliphatic rings. The van der Waals surface area contributed by atoms with Gasteiger partial charge in [0, 0.05) is 5.69 Å². The lowest BCUT2D eigenvalue weighted by Crippen LogP contribution is -2.32. The molecule has 1 aromatic rings. The van der Waals surface area contributed by atoms with Gasteiger partial charge in [0.1, 0.15) is 5.75 Å². The van der Waals surface area contributed by atoms with Crippen LogP contribution in [0.5, 0.6) is 5.75 Å². The van der Waals surface area contributed by atoms with Gasteiger partial charge in [-0.1, -0.05) is 0 Å². The summed E-state index contributed by atoms with van der Waals surface area (Å²) in [6.07, 6.45) is 0. The summed E-state index contributed by atoms with van der Waals surface area (Å²) >= 11 is 0. The van der Waals surface area contributed by atoms with Gasteiger partial charge >= 0.3 is 6.61 Å². The van der Waals surface area contributed by atoms with Crippen molar-refractivity contribution in [3.8, 4) is 5.75 Å². The number of hydrogen-bond donors (Lipinski definition) is 2. The molecule has 1 amide bonds. The molecule has 6 heteroatoms. The summed E-state index contributed by atoms with van der Waals surface area (Å²) in [6.45, 7) is -1.31. The Labute approximate surface area is 91.4 Å². The lowest BCUT2D eigenvalue weighted by atomic mass is 10.2. The standard InChI is InChI=1S/C10H12F2N2O2/c1-6(13)9(15)14-7-2-4-8(5-3-7)16-10(11)12/h2-6,10H,13H2,1H3,(H,14,15). The van der Waals surface area contributed by atoms with E-state index in [1.54, 1.807) is 6.92 Å². The Morgan fingerprint density at radius 2 is 1.94 bits per heavy atom. The molecule has 4 nitrogen and oxygen atoms in total. The third-order valence-electron chi connectivity index (χ3n) is 1.76. The van der Waals surface area contributed by atoms with E-state index in [0.29, 0.717) is 5.69 Å². The molecule has 0 radical (unpaired) electrons. The summed E-state index contributed by atoms with van der Waals surface area (Å²) in [7, 11) is 0. The number of amides is 1. The Hall–Kier alpha value is -1.69. The van der Waals surface area contributed by atoms with Gasteiger partial charge in [-0.15, -0.1) is 0 Å². The Bertz CT molecular complexity index is 352. The highest BCUT2D eigenvalue weighted by molar-refractivity contribution is 5.94. The van der Waals surface area contributed by atoms with E-state index in [-0.39, 0.29) is 11.7 Å². The highest BCUT2D eigenvalue weighted by Crippen LogP contribution is 2.17. The van der Waals surface area contributed by atoms with E-state index in [9.17, 15) is 13.6 Å². The van der Waals surface area contributed by atoms with Crippen LogP contribution in [-0.2, 0) is 4.79 Å². The molecule has 0 saturated carbocycles. The van der Waals surface area contributed by atoms with Crippen molar-refractivity contribution in [3.05, 3.63) is 24.3 Å². The van der Waals surface area contributed by atoms with Crippen LogP contribution in [-0.4, -0.2) is 18.6 Å². The molecule has 0 heterocycles. The van der Waals surface area contributed by atoms with Gasteiger partial charge in [0.05, 0.1) is 6.04 Å². The molecule has 88 valence electrons. The van der Waals surface area contributed by atoms with Crippen LogP contribution in [0.25, 0.3) is 0 Å². The molecule has 0 fully saturated rings. The maximum atomic E-state index is 11.8. The van der Waals surface area contributed by atoms with E-state index in [1.165, 1.54) is 24.3 Å². The lowest BCUT2D eigenvalue weighted by molar-refractivity contribution is -0.117. The zero-order valence-electron chi connectivity index (χ0n) is 8.61.